The first-order valence-electron chi connectivity index (χ1n) is 7.31. The highest BCUT2D eigenvalue weighted by Gasteiger charge is 2.35. The number of carboxylic acids is 1. The van der Waals surface area contributed by atoms with Gasteiger partial charge in [0.25, 0.3) is 0 Å². The van der Waals surface area contributed by atoms with E-state index in [0.717, 1.165) is 19.4 Å². The summed E-state index contributed by atoms with van der Waals surface area (Å²) >= 11 is 0. The van der Waals surface area contributed by atoms with Crippen molar-refractivity contribution in [3.8, 4) is 0 Å². The molecule has 2 aliphatic rings. The van der Waals surface area contributed by atoms with Gasteiger partial charge < -0.3 is 5.11 Å². The Morgan fingerprint density at radius 3 is 2.47 bits per heavy atom. The third kappa shape index (κ3) is 2.52. The summed E-state index contributed by atoms with van der Waals surface area (Å²) in [5, 5.41) is 9.52. The van der Waals surface area contributed by atoms with Crippen molar-refractivity contribution in [1.29, 1.82) is 0 Å². The van der Waals surface area contributed by atoms with Crippen LogP contribution in [0.5, 0.6) is 0 Å². The maximum Gasteiger partial charge on any atom is 0.321 e. The second kappa shape index (κ2) is 5.33. The van der Waals surface area contributed by atoms with Gasteiger partial charge in [0.15, 0.2) is 0 Å². The molecular formula is C16H21NO2. The average molecular weight is 259 g/mol. The lowest BCUT2D eigenvalue weighted by atomic mass is 9.88. The van der Waals surface area contributed by atoms with Gasteiger partial charge in [-0.3, -0.25) is 9.69 Å². The molecule has 3 heteroatoms. The summed E-state index contributed by atoms with van der Waals surface area (Å²) in [5.41, 5.74) is 2.52. The summed E-state index contributed by atoms with van der Waals surface area (Å²) in [5.74, 6) is -0.667. The van der Waals surface area contributed by atoms with Crippen LogP contribution in [0.3, 0.4) is 0 Å². The topological polar surface area (TPSA) is 40.5 Å². The summed E-state index contributed by atoms with van der Waals surface area (Å²) in [6.45, 7) is 0.803. The van der Waals surface area contributed by atoms with Crippen molar-refractivity contribution in [2.45, 2.75) is 57.2 Å². The summed E-state index contributed by atoms with van der Waals surface area (Å²) < 4.78 is 0. The van der Waals surface area contributed by atoms with Crippen LogP contribution >= 0.6 is 0 Å². The number of benzene rings is 1. The third-order valence-electron chi connectivity index (χ3n) is 4.61. The molecule has 1 aliphatic heterocycles. The Morgan fingerprint density at radius 2 is 1.79 bits per heavy atom. The van der Waals surface area contributed by atoms with Crippen LogP contribution in [0.4, 0.5) is 0 Å². The lowest BCUT2D eigenvalue weighted by Crippen LogP contribution is -2.51. The van der Waals surface area contributed by atoms with Gasteiger partial charge in [-0.05, 0) is 30.4 Å². The molecule has 0 saturated heterocycles. The largest absolute Gasteiger partial charge is 0.480 e. The molecule has 0 spiro atoms. The zero-order valence-corrected chi connectivity index (χ0v) is 11.2. The fraction of sp³-hybridized carbons (Fsp3) is 0.562. The molecule has 19 heavy (non-hydrogen) atoms. The zero-order valence-electron chi connectivity index (χ0n) is 11.2. The molecule has 1 saturated carbocycles. The van der Waals surface area contributed by atoms with Crippen LogP contribution in [0.15, 0.2) is 24.3 Å². The van der Waals surface area contributed by atoms with Gasteiger partial charge in [-0.2, -0.15) is 0 Å². The van der Waals surface area contributed by atoms with E-state index in [4.69, 9.17) is 0 Å². The summed E-state index contributed by atoms with van der Waals surface area (Å²) in [7, 11) is 0. The fourth-order valence-corrected chi connectivity index (χ4v) is 3.57. The quantitative estimate of drug-likeness (QED) is 0.888. The molecule has 1 fully saturated rings. The van der Waals surface area contributed by atoms with E-state index in [1.807, 2.05) is 6.07 Å². The predicted molar refractivity (Wildman–Crippen MR) is 74.0 cm³/mol. The minimum atomic E-state index is -0.667. The number of carboxylic acid groups (broad SMARTS) is 1. The lowest BCUT2D eigenvalue weighted by molar-refractivity contribution is -0.145. The van der Waals surface area contributed by atoms with Crippen LogP contribution in [0, 0.1) is 0 Å². The van der Waals surface area contributed by atoms with Crippen LogP contribution in [0.2, 0.25) is 0 Å². The van der Waals surface area contributed by atoms with Gasteiger partial charge in [-0.1, -0.05) is 43.5 Å². The molecule has 0 radical (unpaired) electrons. The first-order chi connectivity index (χ1) is 9.25. The normalized spacial score (nSPS) is 24.9. The van der Waals surface area contributed by atoms with Crippen LogP contribution < -0.4 is 0 Å². The van der Waals surface area contributed by atoms with E-state index in [-0.39, 0.29) is 6.04 Å². The highest BCUT2D eigenvalue weighted by molar-refractivity contribution is 5.74. The Balaban J connectivity index is 1.86. The van der Waals surface area contributed by atoms with Gasteiger partial charge in [0, 0.05) is 12.6 Å². The van der Waals surface area contributed by atoms with Crippen molar-refractivity contribution in [3.63, 3.8) is 0 Å². The van der Waals surface area contributed by atoms with Crippen molar-refractivity contribution < 1.29 is 9.90 Å². The highest BCUT2D eigenvalue weighted by Crippen LogP contribution is 2.31. The number of carbonyl (C=O) groups is 1. The number of nitrogens with zero attached hydrogens (tertiary/aromatic N) is 1. The average Bonchev–Trinajstić information content (AvgIpc) is 2.46. The second-order valence-corrected chi connectivity index (χ2v) is 5.79. The number of hydrogen-bond donors (Lipinski definition) is 1. The summed E-state index contributed by atoms with van der Waals surface area (Å²) in [4.78, 5) is 13.8. The van der Waals surface area contributed by atoms with Crippen molar-refractivity contribution in [2.24, 2.45) is 0 Å². The van der Waals surface area contributed by atoms with E-state index in [2.05, 4.69) is 23.1 Å². The van der Waals surface area contributed by atoms with Gasteiger partial charge in [0.1, 0.15) is 6.04 Å². The Labute approximate surface area is 114 Å². The number of hydrogen-bond acceptors (Lipinski definition) is 2. The first-order valence-corrected chi connectivity index (χ1v) is 7.31. The molecule has 1 atom stereocenters. The van der Waals surface area contributed by atoms with E-state index in [0.29, 0.717) is 12.5 Å². The van der Waals surface area contributed by atoms with Gasteiger partial charge >= 0.3 is 5.97 Å². The molecule has 1 aliphatic carbocycles. The molecule has 0 bridgehead atoms. The minimum absolute atomic E-state index is 0.335. The third-order valence-corrected chi connectivity index (χ3v) is 4.61. The van der Waals surface area contributed by atoms with Gasteiger partial charge in [-0.15, -0.1) is 0 Å². The van der Waals surface area contributed by atoms with E-state index in [1.54, 1.807) is 0 Å². The maximum absolute atomic E-state index is 11.6. The molecule has 0 aromatic heterocycles. The molecule has 3 rings (SSSR count). The van der Waals surface area contributed by atoms with Crippen LogP contribution in [0.1, 0.15) is 43.2 Å². The number of aliphatic carboxylic acids is 1. The molecule has 1 unspecified atom stereocenters. The smallest absolute Gasteiger partial charge is 0.321 e. The van der Waals surface area contributed by atoms with E-state index < -0.39 is 5.97 Å². The number of rotatable bonds is 2. The van der Waals surface area contributed by atoms with E-state index in [1.165, 1.54) is 30.4 Å². The first kappa shape index (κ1) is 12.7. The molecule has 102 valence electrons. The standard InChI is InChI=1S/C16H21NO2/c18-16(19)15-10-12-6-4-5-7-13(12)11-17(15)14-8-2-1-3-9-14/h4-7,14-15H,1-3,8-11H2,(H,18,19). The van der Waals surface area contributed by atoms with Crippen molar-refractivity contribution >= 4 is 5.97 Å². The Hall–Kier alpha value is -1.35. The zero-order chi connectivity index (χ0) is 13.2. The SMILES string of the molecule is O=C(O)C1Cc2ccccc2CN1C1CCCCC1. The highest BCUT2D eigenvalue weighted by atomic mass is 16.4. The van der Waals surface area contributed by atoms with Crippen LogP contribution in [-0.4, -0.2) is 28.1 Å². The van der Waals surface area contributed by atoms with Gasteiger partial charge in [0.2, 0.25) is 0 Å². The van der Waals surface area contributed by atoms with Crippen molar-refractivity contribution in [1.82, 2.24) is 4.90 Å². The van der Waals surface area contributed by atoms with Gasteiger partial charge in [-0.25, -0.2) is 0 Å². The molecule has 1 N–H and O–H groups in total. The minimum Gasteiger partial charge on any atom is -0.480 e. The molecule has 1 aromatic rings. The van der Waals surface area contributed by atoms with Gasteiger partial charge in [0.05, 0.1) is 0 Å². The monoisotopic (exact) mass is 259 g/mol. The summed E-state index contributed by atoms with van der Waals surface area (Å²) in [6.07, 6.45) is 6.77. The second-order valence-electron chi connectivity index (χ2n) is 5.79. The lowest BCUT2D eigenvalue weighted by Gasteiger charge is -2.41. The molecular weight excluding hydrogens is 238 g/mol. The maximum atomic E-state index is 11.6. The van der Waals surface area contributed by atoms with E-state index in [9.17, 15) is 9.90 Å². The van der Waals surface area contributed by atoms with Crippen LogP contribution in [0.25, 0.3) is 0 Å². The number of fused-ring (bicyclic) bond motifs is 1. The molecule has 0 amide bonds. The molecule has 3 nitrogen and oxygen atoms in total. The van der Waals surface area contributed by atoms with Crippen LogP contribution in [-0.2, 0) is 17.8 Å². The van der Waals surface area contributed by atoms with Crippen molar-refractivity contribution in [2.75, 3.05) is 0 Å². The Kier molecular flexibility index (Phi) is 3.56. The van der Waals surface area contributed by atoms with Crippen molar-refractivity contribution in [3.05, 3.63) is 35.4 Å². The molecule has 1 heterocycles. The van der Waals surface area contributed by atoms with E-state index >= 15 is 0 Å². The summed E-state index contributed by atoms with van der Waals surface area (Å²) in [6, 6.07) is 8.40. The molecule has 1 aromatic carbocycles. The Morgan fingerprint density at radius 1 is 1.11 bits per heavy atom. The Bertz CT molecular complexity index is 466. The fourth-order valence-electron chi connectivity index (χ4n) is 3.57. The predicted octanol–water partition coefficient (Wildman–Crippen LogP) is 2.83.